The van der Waals surface area contributed by atoms with E-state index in [1.807, 2.05) is 0 Å². The molecule has 3 unspecified atom stereocenters. The van der Waals surface area contributed by atoms with Gasteiger partial charge in [-0.15, -0.1) is 0 Å². The zero-order chi connectivity index (χ0) is 24.7. The summed E-state index contributed by atoms with van der Waals surface area (Å²) >= 11 is 0. The van der Waals surface area contributed by atoms with Crippen LogP contribution in [0.4, 0.5) is 23.7 Å². The number of halogens is 3. The molecule has 1 N–H and O–H groups in total. The Kier molecular flexibility index (Phi) is 5.70. The van der Waals surface area contributed by atoms with Crippen molar-refractivity contribution in [2.75, 3.05) is 12.0 Å². The van der Waals surface area contributed by atoms with Crippen molar-refractivity contribution in [3.8, 4) is 17.1 Å². The number of methoxy groups -OCH3 is 1. The fourth-order valence-corrected chi connectivity index (χ4v) is 4.67. The van der Waals surface area contributed by atoms with E-state index in [0.29, 0.717) is 30.7 Å². The molecule has 3 aromatic rings. The third kappa shape index (κ3) is 4.33. The van der Waals surface area contributed by atoms with Gasteiger partial charge in [0.05, 0.1) is 24.3 Å². The predicted octanol–water partition coefficient (Wildman–Crippen LogP) is 4.77. The van der Waals surface area contributed by atoms with Crippen LogP contribution in [0.2, 0.25) is 0 Å². The minimum atomic E-state index is -4.48. The molecule has 1 saturated carbocycles. The molecule has 2 aromatic carbocycles. The molecular weight excluding hydrogens is 465 g/mol. The van der Waals surface area contributed by atoms with Gasteiger partial charge in [0.1, 0.15) is 5.75 Å². The van der Waals surface area contributed by atoms with Crippen molar-refractivity contribution in [2.45, 2.75) is 37.4 Å². The molecule has 8 nitrogen and oxygen atoms in total. The molecule has 35 heavy (non-hydrogen) atoms. The van der Waals surface area contributed by atoms with Crippen molar-refractivity contribution < 1.29 is 32.0 Å². The maximum absolute atomic E-state index is 13.2. The van der Waals surface area contributed by atoms with Crippen LogP contribution >= 0.6 is 0 Å². The van der Waals surface area contributed by atoms with Gasteiger partial charge in [0.15, 0.2) is 0 Å². The highest BCUT2D eigenvalue weighted by atomic mass is 19.4. The first-order chi connectivity index (χ1) is 16.7. The third-order valence-electron chi connectivity index (χ3n) is 6.47. The van der Waals surface area contributed by atoms with E-state index in [1.54, 1.807) is 24.3 Å². The summed E-state index contributed by atoms with van der Waals surface area (Å²) in [4.78, 5) is 31.4. The van der Waals surface area contributed by atoms with Gasteiger partial charge in [-0.1, -0.05) is 17.3 Å². The standard InChI is InChI=1S/C24H21F3N4O4/c1-34-17-8-6-16(7-9-17)31-22(32)18-10-5-14(12-19(18)28-23(31)33)21-29-20(30-35-21)13-3-2-4-15(11-13)24(25,26)27/h2-4,6-9,11,14,18-19H,5,10,12H2,1H3,(H,28,33). The second kappa shape index (κ2) is 8.71. The Labute approximate surface area is 198 Å². The first kappa shape index (κ1) is 22.9. The molecule has 1 saturated heterocycles. The average molecular weight is 486 g/mol. The van der Waals surface area contributed by atoms with Crippen molar-refractivity contribution in [3.63, 3.8) is 0 Å². The zero-order valence-corrected chi connectivity index (χ0v) is 18.6. The monoisotopic (exact) mass is 486 g/mol. The van der Waals surface area contributed by atoms with Crippen molar-refractivity contribution in [3.05, 3.63) is 60.0 Å². The molecule has 1 aliphatic carbocycles. The van der Waals surface area contributed by atoms with E-state index >= 15 is 0 Å². The van der Waals surface area contributed by atoms with Crippen LogP contribution in [0.3, 0.4) is 0 Å². The molecule has 11 heteroatoms. The molecule has 5 rings (SSSR count). The summed E-state index contributed by atoms with van der Waals surface area (Å²) in [5.74, 6) is 0.0252. The fraction of sp³-hybridized carbons (Fsp3) is 0.333. The highest BCUT2D eigenvalue weighted by molar-refractivity contribution is 6.17. The van der Waals surface area contributed by atoms with Gasteiger partial charge in [0.2, 0.25) is 17.6 Å². The average Bonchev–Trinajstić information content (AvgIpc) is 3.34. The molecule has 3 atom stereocenters. The molecule has 0 spiro atoms. The summed E-state index contributed by atoms with van der Waals surface area (Å²) < 4.78 is 49.6. The lowest BCUT2D eigenvalue weighted by atomic mass is 9.76. The van der Waals surface area contributed by atoms with Crippen molar-refractivity contribution in [1.82, 2.24) is 15.5 Å². The number of carbonyl (C=O) groups excluding carboxylic acids is 2. The van der Waals surface area contributed by atoms with E-state index in [1.165, 1.54) is 19.2 Å². The van der Waals surface area contributed by atoms with Crippen molar-refractivity contribution in [2.24, 2.45) is 5.92 Å². The lowest BCUT2D eigenvalue weighted by Crippen LogP contribution is -2.61. The summed E-state index contributed by atoms with van der Waals surface area (Å²) in [6.45, 7) is 0. The Morgan fingerprint density at radius 2 is 1.89 bits per heavy atom. The van der Waals surface area contributed by atoms with E-state index in [-0.39, 0.29) is 29.1 Å². The first-order valence-corrected chi connectivity index (χ1v) is 11.0. The van der Waals surface area contributed by atoms with Gasteiger partial charge in [-0.25, -0.2) is 9.69 Å². The van der Waals surface area contributed by atoms with E-state index in [0.717, 1.165) is 17.0 Å². The number of urea groups is 1. The minimum Gasteiger partial charge on any atom is -0.497 e. The van der Waals surface area contributed by atoms with E-state index in [2.05, 4.69) is 15.5 Å². The smallest absolute Gasteiger partial charge is 0.416 e. The van der Waals surface area contributed by atoms with E-state index in [9.17, 15) is 22.8 Å². The Morgan fingerprint density at radius 3 is 2.60 bits per heavy atom. The van der Waals surface area contributed by atoms with Crippen LogP contribution in [0.15, 0.2) is 53.1 Å². The largest absolute Gasteiger partial charge is 0.497 e. The van der Waals surface area contributed by atoms with Crippen LogP contribution in [0.1, 0.15) is 36.6 Å². The molecular formula is C24H21F3N4O4. The minimum absolute atomic E-state index is 0.0580. The van der Waals surface area contributed by atoms with Gasteiger partial charge >= 0.3 is 12.2 Å². The number of aromatic nitrogens is 2. The number of imide groups is 1. The van der Waals surface area contributed by atoms with Crippen LogP contribution in [0, 0.1) is 5.92 Å². The number of carbonyl (C=O) groups is 2. The Balaban J connectivity index is 1.31. The molecule has 1 aliphatic heterocycles. The van der Waals surface area contributed by atoms with Crippen LogP contribution in [0.5, 0.6) is 5.75 Å². The maximum Gasteiger partial charge on any atom is 0.416 e. The number of fused-ring (bicyclic) bond motifs is 1. The number of hydrogen-bond acceptors (Lipinski definition) is 6. The number of hydrogen-bond donors (Lipinski definition) is 1. The lowest BCUT2D eigenvalue weighted by molar-refractivity contribution is -0.137. The normalized spacial score (nSPS) is 22.5. The molecule has 182 valence electrons. The third-order valence-corrected chi connectivity index (χ3v) is 6.47. The number of nitrogens with one attached hydrogen (secondary N) is 1. The molecule has 0 radical (unpaired) electrons. The lowest BCUT2D eigenvalue weighted by Gasteiger charge is -2.41. The number of ether oxygens (including phenoxy) is 1. The second-order valence-corrected chi connectivity index (χ2v) is 8.58. The number of amides is 3. The fourth-order valence-electron chi connectivity index (χ4n) is 4.67. The topological polar surface area (TPSA) is 97.6 Å². The molecule has 2 aliphatic rings. The van der Waals surface area contributed by atoms with Crippen molar-refractivity contribution >= 4 is 17.6 Å². The summed E-state index contributed by atoms with van der Waals surface area (Å²) in [5.41, 5.74) is -0.150. The van der Waals surface area contributed by atoms with Gasteiger partial charge in [0, 0.05) is 17.5 Å². The van der Waals surface area contributed by atoms with E-state index in [4.69, 9.17) is 9.26 Å². The molecule has 1 aromatic heterocycles. The SMILES string of the molecule is COc1ccc(N2C(=O)NC3CC(c4nc(-c5cccc(C(F)(F)F)c5)no4)CCC3C2=O)cc1. The van der Waals surface area contributed by atoms with Gasteiger partial charge in [0.25, 0.3) is 0 Å². The Hall–Kier alpha value is -3.89. The molecule has 2 heterocycles. The van der Waals surface area contributed by atoms with Crippen LogP contribution < -0.4 is 15.0 Å². The summed E-state index contributed by atoms with van der Waals surface area (Å²) in [7, 11) is 1.53. The summed E-state index contributed by atoms with van der Waals surface area (Å²) in [5, 5.41) is 6.77. The highest BCUT2D eigenvalue weighted by Crippen LogP contribution is 2.39. The predicted molar refractivity (Wildman–Crippen MR) is 118 cm³/mol. The number of rotatable bonds is 4. The van der Waals surface area contributed by atoms with Crippen LogP contribution in [-0.2, 0) is 11.0 Å². The van der Waals surface area contributed by atoms with E-state index < -0.39 is 29.7 Å². The number of benzene rings is 2. The number of alkyl halides is 3. The van der Waals surface area contributed by atoms with Crippen molar-refractivity contribution in [1.29, 1.82) is 0 Å². The van der Waals surface area contributed by atoms with Gasteiger partial charge in [-0.05, 0) is 55.7 Å². The van der Waals surface area contributed by atoms with Crippen LogP contribution in [-0.4, -0.2) is 35.2 Å². The summed E-state index contributed by atoms with van der Waals surface area (Å²) in [6.07, 6.45) is -3.03. The van der Waals surface area contributed by atoms with Crippen LogP contribution in [0.25, 0.3) is 11.4 Å². The number of anilines is 1. The number of nitrogens with zero attached hydrogens (tertiary/aromatic N) is 3. The Morgan fingerprint density at radius 1 is 1.11 bits per heavy atom. The molecule has 2 fully saturated rings. The van der Waals surface area contributed by atoms with Gasteiger partial charge < -0.3 is 14.6 Å². The second-order valence-electron chi connectivity index (χ2n) is 8.58. The molecule has 0 bridgehead atoms. The zero-order valence-electron chi connectivity index (χ0n) is 18.6. The Bertz CT molecular complexity index is 1260. The quantitative estimate of drug-likeness (QED) is 0.571. The van der Waals surface area contributed by atoms with Gasteiger partial charge in [-0.2, -0.15) is 18.2 Å². The molecule has 3 amide bonds. The summed E-state index contributed by atoms with van der Waals surface area (Å²) in [6, 6.07) is 10.4. The maximum atomic E-state index is 13.2. The highest BCUT2D eigenvalue weighted by Gasteiger charge is 2.46. The van der Waals surface area contributed by atoms with Gasteiger partial charge in [-0.3, -0.25) is 4.79 Å². The first-order valence-electron chi connectivity index (χ1n) is 11.0.